The minimum absolute atomic E-state index is 0.0936. The highest BCUT2D eigenvalue weighted by atomic mass is 32.2. The van der Waals surface area contributed by atoms with Crippen LogP contribution in [-0.2, 0) is 20.9 Å². The first-order chi connectivity index (χ1) is 13.6. The van der Waals surface area contributed by atoms with Gasteiger partial charge in [-0.2, -0.15) is 0 Å². The minimum atomic E-state index is -0.468. The van der Waals surface area contributed by atoms with Gasteiger partial charge < -0.3 is 10.1 Å². The molecule has 0 spiro atoms. The van der Waals surface area contributed by atoms with Crippen LogP contribution in [0.4, 0.5) is 0 Å². The summed E-state index contributed by atoms with van der Waals surface area (Å²) in [5.74, 6) is -0.669. The number of fused-ring (bicyclic) bond motifs is 1. The van der Waals surface area contributed by atoms with Gasteiger partial charge >= 0.3 is 5.97 Å². The SMILES string of the molecule is CCOC(=O)CNC(=O)CSc1ncnc2c1nnn2Cc1ccc(C)cc1. The molecular formula is C18H20N6O3S. The van der Waals surface area contributed by atoms with Crippen LogP contribution in [0.3, 0.4) is 0 Å². The summed E-state index contributed by atoms with van der Waals surface area (Å²) in [6, 6.07) is 8.15. The molecule has 0 atom stereocenters. The van der Waals surface area contributed by atoms with Crippen molar-refractivity contribution in [2.45, 2.75) is 25.4 Å². The first kappa shape index (κ1) is 19.7. The Morgan fingerprint density at radius 1 is 1.21 bits per heavy atom. The van der Waals surface area contributed by atoms with Crippen molar-refractivity contribution in [1.82, 2.24) is 30.3 Å². The molecule has 2 aromatic heterocycles. The standard InChI is InChI=1S/C18H20N6O3S/c1-3-27-15(26)8-19-14(25)10-28-18-16-17(20-11-21-18)24(23-22-16)9-13-6-4-12(2)5-7-13/h4-7,11H,3,8-10H2,1-2H3,(H,19,25). The highest BCUT2D eigenvalue weighted by Gasteiger charge is 2.14. The van der Waals surface area contributed by atoms with E-state index in [1.54, 1.807) is 11.6 Å². The number of hydrogen-bond donors (Lipinski definition) is 1. The number of amides is 1. The topological polar surface area (TPSA) is 112 Å². The number of nitrogens with one attached hydrogen (secondary N) is 1. The molecule has 0 fully saturated rings. The molecule has 1 amide bonds. The average Bonchev–Trinajstić information content (AvgIpc) is 3.10. The summed E-state index contributed by atoms with van der Waals surface area (Å²) in [7, 11) is 0. The van der Waals surface area contributed by atoms with Crippen LogP contribution in [0.15, 0.2) is 35.6 Å². The summed E-state index contributed by atoms with van der Waals surface area (Å²) in [5, 5.41) is 11.4. The molecule has 0 aliphatic rings. The Labute approximate surface area is 165 Å². The minimum Gasteiger partial charge on any atom is -0.465 e. The maximum atomic E-state index is 11.9. The summed E-state index contributed by atoms with van der Waals surface area (Å²) in [4.78, 5) is 31.7. The van der Waals surface area contributed by atoms with Crippen molar-refractivity contribution in [1.29, 1.82) is 0 Å². The molecule has 146 valence electrons. The van der Waals surface area contributed by atoms with Gasteiger partial charge in [0.05, 0.1) is 18.9 Å². The predicted molar refractivity (Wildman–Crippen MR) is 104 cm³/mol. The zero-order chi connectivity index (χ0) is 19.9. The molecule has 0 bridgehead atoms. The van der Waals surface area contributed by atoms with Crippen molar-refractivity contribution >= 4 is 34.8 Å². The van der Waals surface area contributed by atoms with Crippen LogP contribution in [0.25, 0.3) is 11.2 Å². The van der Waals surface area contributed by atoms with E-state index in [4.69, 9.17) is 4.74 Å². The lowest BCUT2D eigenvalue weighted by Crippen LogP contribution is -2.31. The monoisotopic (exact) mass is 400 g/mol. The Balaban J connectivity index is 1.64. The molecule has 0 saturated heterocycles. The number of esters is 1. The van der Waals surface area contributed by atoms with Crippen molar-refractivity contribution in [3.63, 3.8) is 0 Å². The van der Waals surface area contributed by atoms with Crippen molar-refractivity contribution in [3.05, 3.63) is 41.7 Å². The van der Waals surface area contributed by atoms with Gasteiger partial charge in [-0.25, -0.2) is 14.6 Å². The van der Waals surface area contributed by atoms with E-state index in [1.165, 1.54) is 23.7 Å². The van der Waals surface area contributed by atoms with E-state index in [9.17, 15) is 9.59 Å². The van der Waals surface area contributed by atoms with Crippen molar-refractivity contribution < 1.29 is 14.3 Å². The molecule has 9 nitrogen and oxygen atoms in total. The molecule has 28 heavy (non-hydrogen) atoms. The number of thioether (sulfide) groups is 1. The molecular weight excluding hydrogens is 380 g/mol. The molecule has 10 heteroatoms. The van der Waals surface area contributed by atoms with Gasteiger partial charge in [-0.3, -0.25) is 9.59 Å². The number of aromatic nitrogens is 5. The molecule has 3 rings (SSSR count). The van der Waals surface area contributed by atoms with E-state index in [2.05, 4.69) is 25.6 Å². The van der Waals surface area contributed by atoms with Crippen molar-refractivity contribution in [3.8, 4) is 0 Å². The molecule has 1 aromatic carbocycles. The predicted octanol–water partition coefficient (Wildman–Crippen LogP) is 1.35. The third-order valence-corrected chi connectivity index (χ3v) is 4.77. The Bertz CT molecular complexity index is 973. The van der Waals surface area contributed by atoms with E-state index in [0.717, 1.165) is 5.56 Å². The molecule has 0 unspecified atom stereocenters. The summed E-state index contributed by atoms with van der Waals surface area (Å²) in [5.41, 5.74) is 3.42. The molecule has 0 radical (unpaired) electrons. The third-order valence-electron chi connectivity index (χ3n) is 3.79. The summed E-state index contributed by atoms with van der Waals surface area (Å²) >= 11 is 1.21. The van der Waals surface area contributed by atoms with Gasteiger partial charge in [0.15, 0.2) is 11.2 Å². The number of benzene rings is 1. The Morgan fingerprint density at radius 3 is 2.75 bits per heavy atom. The number of rotatable bonds is 8. The van der Waals surface area contributed by atoms with Crippen molar-refractivity contribution in [2.75, 3.05) is 18.9 Å². The lowest BCUT2D eigenvalue weighted by molar-refractivity contribution is -0.143. The van der Waals surface area contributed by atoms with Gasteiger partial charge in [0.1, 0.15) is 17.9 Å². The van der Waals surface area contributed by atoms with Gasteiger partial charge in [0.25, 0.3) is 0 Å². The fourth-order valence-electron chi connectivity index (χ4n) is 2.42. The van der Waals surface area contributed by atoms with E-state index in [1.807, 2.05) is 31.2 Å². The molecule has 0 aliphatic carbocycles. The second kappa shape index (κ2) is 9.27. The van der Waals surface area contributed by atoms with Gasteiger partial charge in [-0.15, -0.1) is 5.10 Å². The number of carbonyl (C=O) groups excluding carboxylic acids is 2. The summed E-state index contributed by atoms with van der Waals surface area (Å²) in [6.45, 7) is 4.41. The fourth-order valence-corrected chi connectivity index (χ4v) is 3.18. The highest BCUT2D eigenvalue weighted by molar-refractivity contribution is 8.00. The van der Waals surface area contributed by atoms with Crippen LogP contribution in [0.1, 0.15) is 18.1 Å². The first-order valence-corrected chi connectivity index (χ1v) is 9.70. The second-order valence-corrected chi connectivity index (χ2v) is 6.92. The molecule has 3 aromatic rings. The van der Waals surface area contributed by atoms with E-state index in [-0.39, 0.29) is 24.8 Å². The van der Waals surface area contributed by atoms with Crippen molar-refractivity contribution in [2.24, 2.45) is 0 Å². The Hall–Kier alpha value is -3.01. The van der Waals surface area contributed by atoms with Crippen LogP contribution in [-0.4, -0.2) is 55.7 Å². The maximum absolute atomic E-state index is 11.9. The lowest BCUT2D eigenvalue weighted by Gasteiger charge is -2.05. The molecule has 2 heterocycles. The van der Waals surface area contributed by atoms with E-state index in [0.29, 0.717) is 22.7 Å². The number of ether oxygens (including phenoxy) is 1. The Kier molecular flexibility index (Phi) is 6.53. The van der Waals surface area contributed by atoms with Crippen LogP contribution < -0.4 is 5.32 Å². The first-order valence-electron chi connectivity index (χ1n) is 8.71. The zero-order valence-corrected chi connectivity index (χ0v) is 16.4. The molecule has 1 N–H and O–H groups in total. The normalized spacial score (nSPS) is 10.8. The number of carbonyl (C=O) groups is 2. The third kappa shape index (κ3) is 5.03. The quantitative estimate of drug-likeness (QED) is 0.343. The molecule has 0 aliphatic heterocycles. The van der Waals surface area contributed by atoms with Gasteiger partial charge in [0.2, 0.25) is 5.91 Å². The van der Waals surface area contributed by atoms with E-state index < -0.39 is 5.97 Å². The highest BCUT2D eigenvalue weighted by Crippen LogP contribution is 2.22. The fraction of sp³-hybridized carbons (Fsp3) is 0.333. The average molecular weight is 400 g/mol. The zero-order valence-electron chi connectivity index (χ0n) is 15.6. The van der Waals surface area contributed by atoms with Crippen LogP contribution in [0.5, 0.6) is 0 Å². The second-order valence-electron chi connectivity index (χ2n) is 5.95. The number of hydrogen-bond acceptors (Lipinski definition) is 8. The maximum Gasteiger partial charge on any atom is 0.325 e. The van der Waals surface area contributed by atoms with Crippen LogP contribution in [0, 0.1) is 6.92 Å². The Morgan fingerprint density at radius 2 is 2.00 bits per heavy atom. The number of nitrogens with zero attached hydrogens (tertiary/aromatic N) is 5. The van der Waals surface area contributed by atoms with Gasteiger partial charge in [-0.05, 0) is 19.4 Å². The van der Waals surface area contributed by atoms with E-state index >= 15 is 0 Å². The largest absolute Gasteiger partial charge is 0.465 e. The van der Waals surface area contributed by atoms with Gasteiger partial charge in [-0.1, -0.05) is 46.8 Å². The van der Waals surface area contributed by atoms with Crippen LogP contribution >= 0.6 is 11.8 Å². The summed E-state index contributed by atoms with van der Waals surface area (Å²) < 4.78 is 6.47. The smallest absolute Gasteiger partial charge is 0.325 e. The lowest BCUT2D eigenvalue weighted by atomic mass is 10.1. The van der Waals surface area contributed by atoms with Crippen LogP contribution in [0.2, 0.25) is 0 Å². The van der Waals surface area contributed by atoms with Gasteiger partial charge in [0, 0.05) is 0 Å². The molecule has 0 saturated carbocycles. The summed E-state index contributed by atoms with van der Waals surface area (Å²) in [6.07, 6.45) is 1.43. The number of aryl methyl sites for hydroxylation is 1.